The van der Waals surface area contributed by atoms with Crippen molar-refractivity contribution in [2.75, 3.05) is 7.05 Å². The summed E-state index contributed by atoms with van der Waals surface area (Å²) in [5.74, 6) is 0. The summed E-state index contributed by atoms with van der Waals surface area (Å²) in [6, 6.07) is 0.315. The normalized spacial score (nSPS) is 12.8. The molecule has 0 saturated heterocycles. The number of aryl methyl sites for hydroxylation is 1. The molecule has 0 spiro atoms. The van der Waals surface area contributed by atoms with E-state index in [0.29, 0.717) is 6.04 Å². The Morgan fingerprint density at radius 1 is 1.21 bits per heavy atom. The molecule has 0 bridgehead atoms. The van der Waals surface area contributed by atoms with Crippen molar-refractivity contribution in [1.82, 2.24) is 15.1 Å². The first-order valence-electron chi connectivity index (χ1n) is 7.55. The van der Waals surface area contributed by atoms with Crippen molar-refractivity contribution in [2.45, 2.75) is 64.3 Å². The lowest BCUT2D eigenvalue weighted by Crippen LogP contribution is -2.19. The highest BCUT2D eigenvalue weighted by Crippen LogP contribution is 2.26. The fourth-order valence-electron chi connectivity index (χ4n) is 2.54. The molecule has 0 amide bonds. The van der Waals surface area contributed by atoms with E-state index in [9.17, 15) is 0 Å². The number of nitrogens with one attached hydrogen (secondary N) is 1. The Bertz CT molecular complexity index is 330. The zero-order chi connectivity index (χ0) is 14.1. The van der Waals surface area contributed by atoms with Gasteiger partial charge in [0, 0.05) is 7.05 Å². The molecule has 19 heavy (non-hydrogen) atoms. The number of nitrogens with zero attached hydrogens (tertiary/aromatic N) is 2. The zero-order valence-corrected chi connectivity index (χ0v) is 13.3. The van der Waals surface area contributed by atoms with E-state index in [1.54, 1.807) is 6.20 Å². The summed E-state index contributed by atoms with van der Waals surface area (Å²) in [5, 5.41) is 8.33. The number of halogens is 1. The molecule has 0 aliphatic carbocycles. The first-order chi connectivity index (χ1) is 9.20. The summed E-state index contributed by atoms with van der Waals surface area (Å²) in [6.07, 6.45) is 12.2. The smallest absolute Gasteiger partial charge is 0.0833 e. The van der Waals surface area contributed by atoms with Crippen LogP contribution in [0.1, 0.15) is 70.0 Å². The number of hydrogen-bond acceptors (Lipinski definition) is 2. The molecule has 3 nitrogen and oxygen atoms in total. The van der Waals surface area contributed by atoms with Crippen molar-refractivity contribution >= 4 is 11.6 Å². The predicted molar refractivity (Wildman–Crippen MR) is 82.6 cm³/mol. The van der Waals surface area contributed by atoms with E-state index >= 15 is 0 Å². The van der Waals surface area contributed by atoms with Gasteiger partial charge in [-0.25, -0.2) is 0 Å². The molecular formula is C15H28ClN3. The standard InChI is InChI=1S/C15H28ClN3/c1-4-5-6-7-8-9-10-11-14(17-2)15-13(16)12-18-19(15)3/h12,14,17H,4-11H2,1-3H3. The molecule has 1 aromatic heterocycles. The molecule has 1 atom stereocenters. The molecule has 0 radical (unpaired) electrons. The summed E-state index contributed by atoms with van der Waals surface area (Å²) in [5.41, 5.74) is 1.11. The molecule has 4 heteroatoms. The highest BCUT2D eigenvalue weighted by Gasteiger charge is 2.16. The van der Waals surface area contributed by atoms with E-state index in [1.165, 1.54) is 44.9 Å². The molecule has 0 fully saturated rings. The third kappa shape index (κ3) is 5.53. The maximum Gasteiger partial charge on any atom is 0.0833 e. The van der Waals surface area contributed by atoms with Crippen molar-refractivity contribution in [2.24, 2.45) is 7.05 Å². The van der Waals surface area contributed by atoms with Gasteiger partial charge in [0.15, 0.2) is 0 Å². The summed E-state index contributed by atoms with van der Waals surface area (Å²) >= 11 is 6.19. The molecule has 0 aliphatic rings. The molecule has 1 unspecified atom stereocenters. The van der Waals surface area contributed by atoms with Crippen LogP contribution in [0.25, 0.3) is 0 Å². The van der Waals surface area contributed by atoms with Crippen LogP contribution in [0.4, 0.5) is 0 Å². The highest BCUT2D eigenvalue weighted by atomic mass is 35.5. The summed E-state index contributed by atoms with van der Waals surface area (Å²) in [6.45, 7) is 2.26. The minimum atomic E-state index is 0.315. The summed E-state index contributed by atoms with van der Waals surface area (Å²) in [4.78, 5) is 0. The van der Waals surface area contributed by atoms with E-state index in [4.69, 9.17) is 11.6 Å². The third-order valence-corrected chi connectivity index (χ3v) is 4.00. The van der Waals surface area contributed by atoms with Crippen molar-refractivity contribution in [3.05, 3.63) is 16.9 Å². The second-order valence-electron chi connectivity index (χ2n) is 5.25. The Kier molecular flexibility index (Phi) is 8.15. The van der Waals surface area contributed by atoms with Crippen molar-refractivity contribution in [3.8, 4) is 0 Å². The second-order valence-corrected chi connectivity index (χ2v) is 5.66. The first-order valence-corrected chi connectivity index (χ1v) is 7.93. The van der Waals surface area contributed by atoms with Crippen LogP contribution in [-0.2, 0) is 7.05 Å². The lowest BCUT2D eigenvalue weighted by atomic mass is 10.0. The van der Waals surface area contributed by atoms with E-state index in [2.05, 4.69) is 17.3 Å². The fourth-order valence-corrected chi connectivity index (χ4v) is 2.83. The molecule has 1 rings (SSSR count). The van der Waals surface area contributed by atoms with Crippen LogP contribution in [0.15, 0.2) is 6.20 Å². The van der Waals surface area contributed by atoms with Gasteiger partial charge in [-0.2, -0.15) is 5.10 Å². The largest absolute Gasteiger partial charge is 0.312 e. The minimum Gasteiger partial charge on any atom is -0.312 e. The van der Waals surface area contributed by atoms with Gasteiger partial charge in [0.1, 0.15) is 0 Å². The fraction of sp³-hybridized carbons (Fsp3) is 0.800. The number of hydrogen-bond donors (Lipinski definition) is 1. The highest BCUT2D eigenvalue weighted by molar-refractivity contribution is 6.31. The Hall–Kier alpha value is -0.540. The SMILES string of the molecule is CCCCCCCCCC(NC)c1c(Cl)cnn1C. The monoisotopic (exact) mass is 285 g/mol. The van der Waals surface area contributed by atoms with Gasteiger partial charge in [0.2, 0.25) is 0 Å². The van der Waals surface area contributed by atoms with E-state index in [0.717, 1.165) is 17.1 Å². The van der Waals surface area contributed by atoms with Crippen LogP contribution < -0.4 is 5.32 Å². The van der Waals surface area contributed by atoms with Gasteiger partial charge in [-0.3, -0.25) is 4.68 Å². The summed E-state index contributed by atoms with van der Waals surface area (Å²) < 4.78 is 1.88. The lowest BCUT2D eigenvalue weighted by molar-refractivity contribution is 0.470. The van der Waals surface area contributed by atoms with Gasteiger partial charge in [-0.1, -0.05) is 63.5 Å². The van der Waals surface area contributed by atoms with Crippen LogP contribution in [0.3, 0.4) is 0 Å². The molecule has 1 heterocycles. The quantitative estimate of drug-likeness (QED) is 0.643. The second kappa shape index (κ2) is 9.38. The molecule has 110 valence electrons. The summed E-state index contributed by atoms with van der Waals surface area (Å²) in [7, 11) is 3.95. The minimum absolute atomic E-state index is 0.315. The zero-order valence-electron chi connectivity index (χ0n) is 12.6. The number of aromatic nitrogens is 2. The maximum absolute atomic E-state index is 6.19. The third-order valence-electron chi connectivity index (χ3n) is 3.71. The van der Waals surface area contributed by atoms with Gasteiger partial charge in [-0.05, 0) is 13.5 Å². The van der Waals surface area contributed by atoms with Crippen LogP contribution >= 0.6 is 11.6 Å². The Morgan fingerprint density at radius 2 is 1.84 bits per heavy atom. The average molecular weight is 286 g/mol. The number of unbranched alkanes of at least 4 members (excludes halogenated alkanes) is 6. The van der Waals surface area contributed by atoms with Crippen LogP contribution in [0, 0.1) is 0 Å². The molecule has 0 aliphatic heterocycles. The van der Waals surface area contributed by atoms with E-state index in [1.807, 2.05) is 18.8 Å². The van der Waals surface area contributed by atoms with Gasteiger partial charge in [0.25, 0.3) is 0 Å². The Labute approximate surface area is 122 Å². The van der Waals surface area contributed by atoms with E-state index < -0.39 is 0 Å². The van der Waals surface area contributed by atoms with Gasteiger partial charge in [0.05, 0.1) is 23.0 Å². The topological polar surface area (TPSA) is 29.9 Å². The molecule has 1 aromatic rings. The molecule has 1 N–H and O–H groups in total. The van der Waals surface area contributed by atoms with Gasteiger partial charge in [-0.15, -0.1) is 0 Å². The molecular weight excluding hydrogens is 258 g/mol. The lowest BCUT2D eigenvalue weighted by Gasteiger charge is -2.17. The Morgan fingerprint density at radius 3 is 2.37 bits per heavy atom. The van der Waals surface area contributed by atoms with Gasteiger partial charge < -0.3 is 5.32 Å². The number of rotatable bonds is 10. The average Bonchev–Trinajstić information content (AvgIpc) is 2.73. The van der Waals surface area contributed by atoms with Crippen LogP contribution in [0.5, 0.6) is 0 Å². The molecule has 0 aromatic carbocycles. The predicted octanol–water partition coefficient (Wildman–Crippen LogP) is 4.47. The van der Waals surface area contributed by atoms with Crippen LogP contribution in [0.2, 0.25) is 5.02 Å². The molecule has 0 saturated carbocycles. The first kappa shape index (κ1) is 16.5. The van der Waals surface area contributed by atoms with Gasteiger partial charge >= 0.3 is 0 Å². The van der Waals surface area contributed by atoms with Crippen LogP contribution in [-0.4, -0.2) is 16.8 Å². The van der Waals surface area contributed by atoms with Crippen molar-refractivity contribution < 1.29 is 0 Å². The Balaban J connectivity index is 2.26. The van der Waals surface area contributed by atoms with Crippen molar-refractivity contribution in [3.63, 3.8) is 0 Å². The van der Waals surface area contributed by atoms with E-state index in [-0.39, 0.29) is 0 Å². The van der Waals surface area contributed by atoms with Crippen molar-refractivity contribution in [1.29, 1.82) is 0 Å². The maximum atomic E-state index is 6.19.